The van der Waals surface area contributed by atoms with E-state index in [4.69, 9.17) is 5.11 Å². The first-order chi connectivity index (χ1) is 24.5. The third kappa shape index (κ3) is 6.37. The van der Waals surface area contributed by atoms with Gasteiger partial charge in [0, 0.05) is 18.7 Å². The van der Waals surface area contributed by atoms with Gasteiger partial charge in [0.2, 0.25) is 5.91 Å². The van der Waals surface area contributed by atoms with E-state index in [0.717, 1.165) is 77.2 Å². The Morgan fingerprint density at radius 1 is 0.731 bits per heavy atom. The first-order valence-corrected chi connectivity index (χ1v) is 20.8. The highest BCUT2D eigenvalue weighted by atomic mass is 16.4. The Morgan fingerprint density at radius 3 is 2.02 bits per heavy atom. The molecule has 5 aliphatic carbocycles. The van der Waals surface area contributed by atoms with Crippen LogP contribution in [-0.2, 0) is 4.79 Å². The van der Waals surface area contributed by atoms with Gasteiger partial charge in [0.25, 0.3) is 5.91 Å². The molecule has 0 aromatic heterocycles. The summed E-state index contributed by atoms with van der Waals surface area (Å²) in [6.07, 6.45) is 15.9. The molecule has 0 aliphatic heterocycles. The first kappa shape index (κ1) is 39.0. The van der Waals surface area contributed by atoms with Crippen LogP contribution in [0.5, 0.6) is 0 Å². The largest absolute Gasteiger partial charge is 0.478 e. The normalized spacial score (nSPS) is 38.9. The van der Waals surface area contributed by atoms with Crippen LogP contribution in [0.15, 0.2) is 36.4 Å². The second-order valence-electron chi connectivity index (χ2n) is 19.4. The summed E-state index contributed by atoms with van der Waals surface area (Å²) in [6, 6.07) is 6.00. The number of carbonyl (C=O) groups is 3. The van der Waals surface area contributed by atoms with Crippen molar-refractivity contribution in [3.05, 3.63) is 47.5 Å². The van der Waals surface area contributed by atoms with Crippen molar-refractivity contribution in [1.29, 1.82) is 0 Å². The number of benzene rings is 1. The van der Waals surface area contributed by atoms with Gasteiger partial charge in [-0.1, -0.05) is 66.0 Å². The predicted octanol–water partition coefficient (Wildman–Crippen LogP) is 9.20. The molecular weight excluding hydrogens is 649 g/mol. The maximum Gasteiger partial charge on any atom is 0.335 e. The summed E-state index contributed by atoms with van der Waals surface area (Å²) in [5.74, 6) is 1.64. The van der Waals surface area contributed by atoms with E-state index in [0.29, 0.717) is 47.6 Å². The van der Waals surface area contributed by atoms with Gasteiger partial charge in [-0.15, -0.1) is 0 Å². The Morgan fingerprint density at radius 2 is 1.37 bits per heavy atom. The van der Waals surface area contributed by atoms with Crippen LogP contribution in [0.2, 0.25) is 0 Å². The molecule has 7 nitrogen and oxygen atoms in total. The van der Waals surface area contributed by atoms with Crippen molar-refractivity contribution in [3.63, 3.8) is 0 Å². The molecule has 7 heteroatoms. The quantitative estimate of drug-likeness (QED) is 0.127. The van der Waals surface area contributed by atoms with Gasteiger partial charge in [0.15, 0.2) is 0 Å². The monoisotopic (exact) mass is 717 g/mol. The number of carboxylic acids is 1. The third-order valence-electron chi connectivity index (χ3n) is 16.8. The fourth-order valence-corrected chi connectivity index (χ4v) is 13.8. The second-order valence-corrected chi connectivity index (χ2v) is 19.4. The van der Waals surface area contributed by atoms with Crippen molar-refractivity contribution in [2.24, 2.45) is 56.7 Å². The number of aromatic carboxylic acids is 1. The molecule has 4 N–H and O–H groups in total. The molecule has 0 radical (unpaired) electrons. The van der Waals surface area contributed by atoms with E-state index in [9.17, 15) is 19.5 Å². The number of hydrogen-bond acceptors (Lipinski definition) is 4. The highest BCUT2D eigenvalue weighted by Crippen LogP contribution is 2.77. The highest BCUT2D eigenvalue weighted by molar-refractivity contribution is 5.95. The fraction of sp³-hybridized carbons (Fsp3) is 0.756. The van der Waals surface area contributed by atoms with Crippen molar-refractivity contribution in [2.45, 2.75) is 144 Å². The predicted molar refractivity (Wildman–Crippen MR) is 207 cm³/mol. The van der Waals surface area contributed by atoms with Crippen molar-refractivity contribution in [1.82, 2.24) is 10.6 Å². The number of nitrogens with one attached hydrogen (secondary N) is 2. The minimum Gasteiger partial charge on any atom is -0.478 e. The van der Waals surface area contributed by atoms with Crippen molar-refractivity contribution in [2.75, 3.05) is 13.1 Å². The lowest BCUT2D eigenvalue weighted by molar-refractivity contribution is -0.246. The van der Waals surface area contributed by atoms with Crippen LogP contribution in [0.4, 0.5) is 0 Å². The molecule has 5 saturated carbocycles. The fourth-order valence-electron chi connectivity index (χ4n) is 13.8. The number of rotatable bonds is 12. The summed E-state index contributed by atoms with van der Waals surface area (Å²) in [4.78, 5) is 37.9. The van der Waals surface area contributed by atoms with Crippen molar-refractivity contribution in [3.8, 4) is 0 Å². The Bertz CT molecular complexity index is 1520. The number of allylic oxidation sites excluding steroid dienone is 1. The molecule has 1 unspecified atom stereocenters. The molecule has 1 aromatic rings. The summed E-state index contributed by atoms with van der Waals surface area (Å²) in [5.41, 5.74) is 2.26. The molecule has 1 aromatic carbocycles. The van der Waals surface area contributed by atoms with Crippen molar-refractivity contribution >= 4 is 17.8 Å². The summed E-state index contributed by atoms with van der Waals surface area (Å²) in [5, 5.41) is 26.5. The smallest absolute Gasteiger partial charge is 0.335 e. The first-order valence-electron chi connectivity index (χ1n) is 20.8. The number of fused-ring (bicyclic) bond motifs is 7. The average Bonchev–Trinajstić information content (AvgIpc) is 3.51. The zero-order valence-electron chi connectivity index (χ0n) is 33.1. The Balaban J connectivity index is 1.03. The van der Waals surface area contributed by atoms with E-state index in [-0.39, 0.29) is 44.6 Å². The lowest BCUT2D eigenvalue weighted by Gasteiger charge is -2.72. The SMILES string of the molecule is C=C(C)[C@@H]1CC[C@]2(C(=O)NCCCCCCCNC(=O)c3ccc(C(=O)O)cc3)CC[C@]3(C)[C@H](CCC4[C@@]5(C)CC[C@H](O)C(C)(C)[C@@H]5CC[C@]43C)[C@@H]12. The number of hydrogen-bond donors (Lipinski definition) is 4. The molecule has 5 fully saturated rings. The van der Waals surface area contributed by atoms with Crippen molar-refractivity contribution < 1.29 is 24.6 Å². The maximum atomic E-state index is 14.4. The van der Waals surface area contributed by atoms with E-state index < -0.39 is 5.97 Å². The Hall–Kier alpha value is -2.67. The van der Waals surface area contributed by atoms with Crippen LogP contribution in [0.25, 0.3) is 0 Å². The lowest BCUT2D eigenvalue weighted by Crippen LogP contribution is -2.67. The van der Waals surface area contributed by atoms with Gasteiger partial charge in [-0.05, 0) is 159 Å². The standard InChI is InChI=1S/C45H68N2O5/c1-29(2)32-19-24-45(40(52)47-28-12-10-8-9-11-27-46-38(49)30-13-15-31(16-14-30)39(50)51)26-25-43(6)33(37(32)45)17-18-35-42(5)22-21-36(48)41(3,4)34(42)20-23-44(35,43)7/h13-16,32-37,48H,1,8-12,17-28H2,2-7H3,(H,46,49)(H,47,52)(H,50,51)/t32-,33+,34-,35?,36-,37+,42-,43+,44+,45-/m0/s1. The summed E-state index contributed by atoms with van der Waals surface area (Å²) < 4.78 is 0. The molecule has 5 aliphatic rings. The zero-order valence-corrected chi connectivity index (χ0v) is 33.1. The summed E-state index contributed by atoms with van der Waals surface area (Å²) >= 11 is 0. The van der Waals surface area contributed by atoms with E-state index >= 15 is 0 Å². The molecule has 0 saturated heterocycles. The number of carboxylic acid groups (broad SMARTS) is 1. The molecule has 6 rings (SSSR count). The highest BCUT2D eigenvalue weighted by Gasteiger charge is 2.71. The second kappa shape index (κ2) is 14.5. The van der Waals surface area contributed by atoms with E-state index in [1.165, 1.54) is 43.4 Å². The topological polar surface area (TPSA) is 116 Å². The molecule has 0 spiro atoms. The maximum absolute atomic E-state index is 14.4. The van der Waals surface area contributed by atoms with Gasteiger partial charge in [-0.25, -0.2) is 4.79 Å². The third-order valence-corrected chi connectivity index (χ3v) is 16.8. The van der Waals surface area contributed by atoms with Crippen LogP contribution < -0.4 is 10.6 Å². The molecule has 288 valence electrons. The van der Waals surface area contributed by atoms with E-state index in [1.807, 2.05) is 0 Å². The number of unbranched alkanes of at least 4 members (excludes halogenated alkanes) is 4. The van der Waals surface area contributed by atoms with Gasteiger partial charge in [0.1, 0.15) is 0 Å². The zero-order chi connectivity index (χ0) is 37.7. The minimum absolute atomic E-state index is 0.0409. The Labute approximate surface area is 313 Å². The average molecular weight is 717 g/mol. The van der Waals surface area contributed by atoms with E-state index in [2.05, 4.69) is 58.8 Å². The van der Waals surface area contributed by atoms with Crippen LogP contribution in [0.3, 0.4) is 0 Å². The molecule has 10 atom stereocenters. The van der Waals surface area contributed by atoms with Crippen LogP contribution >= 0.6 is 0 Å². The molecule has 2 amide bonds. The summed E-state index contributed by atoms with van der Waals surface area (Å²) in [7, 11) is 0. The molecule has 52 heavy (non-hydrogen) atoms. The van der Waals surface area contributed by atoms with Gasteiger partial charge in [-0.3, -0.25) is 9.59 Å². The minimum atomic E-state index is -1.00. The summed E-state index contributed by atoms with van der Waals surface area (Å²) in [6.45, 7) is 20.6. The van der Waals surface area contributed by atoms with Gasteiger partial charge >= 0.3 is 5.97 Å². The number of aliphatic hydroxyl groups excluding tert-OH is 1. The van der Waals surface area contributed by atoms with Gasteiger partial charge in [0.05, 0.1) is 17.1 Å². The lowest BCUT2D eigenvalue weighted by atomic mass is 9.32. The number of amides is 2. The number of aliphatic hydroxyl groups is 1. The van der Waals surface area contributed by atoms with Gasteiger partial charge < -0.3 is 20.8 Å². The molecule has 0 heterocycles. The Kier molecular flexibility index (Phi) is 10.9. The van der Waals surface area contributed by atoms with Crippen LogP contribution in [0.1, 0.15) is 159 Å². The molecular formula is C45H68N2O5. The van der Waals surface area contributed by atoms with Crippen LogP contribution in [0, 0.1) is 56.7 Å². The van der Waals surface area contributed by atoms with Gasteiger partial charge in [-0.2, -0.15) is 0 Å². The van der Waals surface area contributed by atoms with E-state index in [1.54, 1.807) is 12.1 Å². The van der Waals surface area contributed by atoms with Crippen LogP contribution in [-0.4, -0.2) is 47.2 Å². The molecule has 0 bridgehead atoms. The number of carbonyl (C=O) groups excluding carboxylic acids is 2.